The van der Waals surface area contributed by atoms with Crippen molar-refractivity contribution in [3.05, 3.63) is 24.3 Å². The van der Waals surface area contributed by atoms with Crippen LogP contribution in [0.15, 0.2) is 24.3 Å². The van der Waals surface area contributed by atoms with E-state index in [0.29, 0.717) is 0 Å². The quantitative estimate of drug-likeness (QED) is 0.748. The molecule has 0 aliphatic heterocycles. The SMILES string of the molecule is CCCCCN(CCC)c1n[nH]c2ccccc12. The summed E-state index contributed by atoms with van der Waals surface area (Å²) >= 11 is 0. The van der Waals surface area contributed by atoms with Crippen molar-refractivity contribution >= 4 is 16.7 Å². The molecule has 18 heavy (non-hydrogen) atoms. The number of H-pyrrole nitrogens is 1. The highest BCUT2D eigenvalue weighted by atomic mass is 15.3. The van der Waals surface area contributed by atoms with E-state index >= 15 is 0 Å². The molecule has 1 N–H and O–H groups in total. The lowest BCUT2D eigenvalue weighted by molar-refractivity contribution is 0.664. The largest absolute Gasteiger partial charge is 0.355 e. The summed E-state index contributed by atoms with van der Waals surface area (Å²) in [6.45, 7) is 6.66. The minimum Gasteiger partial charge on any atom is -0.355 e. The Morgan fingerprint density at radius 2 is 1.89 bits per heavy atom. The van der Waals surface area contributed by atoms with Crippen molar-refractivity contribution in [2.24, 2.45) is 0 Å². The first-order chi connectivity index (χ1) is 8.86. The fourth-order valence-electron chi connectivity index (χ4n) is 2.34. The second-order valence-corrected chi connectivity index (χ2v) is 4.79. The molecule has 2 aromatic rings. The van der Waals surface area contributed by atoms with Crippen molar-refractivity contribution in [2.75, 3.05) is 18.0 Å². The number of aromatic amines is 1. The molecule has 3 nitrogen and oxygen atoms in total. The first-order valence-corrected chi connectivity index (χ1v) is 7.04. The van der Waals surface area contributed by atoms with Gasteiger partial charge in [-0.25, -0.2) is 0 Å². The Labute approximate surface area is 109 Å². The van der Waals surface area contributed by atoms with E-state index in [4.69, 9.17) is 0 Å². The van der Waals surface area contributed by atoms with Crippen molar-refractivity contribution in [2.45, 2.75) is 39.5 Å². The fourth-order valence-corrected chi connectivity index (χ4v) is 2.34. The molecule has 1 aromatic carbocycles. The Hall–Kier alpha value is -1.51. The number of nitrogens with one attached hydrogen (secondary N) is 1. The van der Waals surface area contributed by atoms with E-state index < -0.39 is 0 Å². The van der Waals surface area contributed by atoms with Crippen LogP contribution in [0.4, 0.5) is 5.82 Å². The van der Waals surface area contributed by atoms with E-state index in [9.17, 15) is 0 Å². The number of fused-ring (bicyclic) bond motifs is 1. The monoisotopic (exact) mass is 245 g/mol. The number of rotatable bonds is 7. The van der Waals surface area contributed by atoms with Gasteiger partial charge in [-0.15, -0.1) is 0 Å². The lowest BCUT2D eigenvalue weighted by Gasteiger charge is -2.21. The highest BCUT2D eigenvalue weighted by molar-refractivity contribution is 5.90. The van der Waals surface area contributed by atoms with Crippen LogP contribution < -0.4 is 4.90 Å². The molecule has 1 heterocycles. The zero-order valence-corrected chi connectivity index (χ0v) is 11.4. The van der Waals surface area contributed by atoms with Crippen LogP contribution in [0.3, 0.4) is 0 Å². The molecule has 0 fully saturated rings. The van der Waals surface area contributed by atoms with Crippen LogP contribution in [0, 0.1) is 0 Å². The standard InChI is InChI=1S/C15H23N3/c1-3-5-8-12-18(11-4-2)15-13-9-6-7-10-14(13)16-17-15/h6-7,9-10H,3-5,8,11-12H2,1-2H3,(H,16,17). The van der Waals surface area contributed by atoms with E-state index in [1.165, 1.54) is 24.6 Å². The zero-order valence-electron chi connectivity index (χ0n) is 11.4. The Balaban J connectivity index is 2.18. The van der Waals surface area contributed by atoms with Gasteiger partial charge in [0.2, 0.25) is 0 Å². The van der Waals surface area contributed by atoms with Gasteiger partial charge in [0.25, 0.3) is 0 Å². The van der Waals surface area contributed by atoms with Crippen LogP contribution in [0.25, 0.3) is 10.9 Å². The van der Waals surface area contributed by atoms with E-state index in [2.05, 4.69) is 47.1 Å². The third-order valence-electron chi connectivity index (χ3n) is 3.27. The van der Waals surface area contributed by atoms with Gasteiger partial charge in [0.05, 0.1) is 5.52 Å². The predicted octanol–water partition coefficient (Wildman–Crippen LogP) is 3.97. The van der Waals surface area contributed by atoms with Crippen LogP contribution in [-0.4, -0.2) is 23.3 Å². The average molecular weight is 245 g/mol. The second-order valence-electron chi connectivity index (χ2n) is 4.79. The van der Waals surface area contributed by atoms with Crippen LogP contribution in [0.2, 0.25) is 0 Å². The van der Waals surface area contributed by atoms with Gasteiger partial charge in [-0.3, -0.25) is 5.10 Å². The molecule has 0 radical (unpaired) electrons. The summed E-state index contributed by atoms with van der Waals surface area (Å²) in [7, 11) is 0. The second kappa shape index (κ2) is 6.43. The number of hydrogen-bond donors (Lipinski definition) is 1. The van der Waals surface area contributed by atoms with Crippen molar-refractivity contribution in [1.29, 1.82) is 0 Å². The van der Waals surface area contributed by atoms with Gasteiger partial charge in [0.15, 0.2) is 5.82 Å². The highest BCUT2D eigenvalue weighted by Gasteiger charge is 2.12. The summed E-state index contributed by atoms with van der Waals surface area (Å²) in [5, 5.41) is 8.86. The molecule has 0 bridgehead atoms. The first kappa shape index (κ1) is 12.9. The van der Waals surface area contributed by atoms with Gasteiger partial charge >= 0.3 is 0 Å². The molecule has 3 heteroatoms. The highest BCUT2D eigenvalue weighted by Crippen LogP contribution is 2.24. The zero-order chi connectivity index (χ0) is 12.8. The Bertz CT molecular complexity index is 475. The normalized spacial score (nSPS) is 11.0. The number of unbranched alkanes of at least 4 members (excludes halogenated alkanes) is 2. The number of hydrogen-bond acceptors (Lipinski definition) is 2. The predicted molar refractivity (Wildman–Crippen MR) is 78.1 cm³/mol. The summed E-state index contributed by atoms with van der Waals surface area (Å²) in [6.07, 6.45) is 4.97. The maximum absolute atomic E-state index is 4.49. The summed E-state index contributed by atoms with van der Waals surface area (Å²) in [6, 6.07) is 8.36. The van der Waals surface area contributed by atoms with Gasteiger partial charge < -0.3 is 4.90 Å². The average Bonchev–Trinajstić information content (AvgIpc) is 2.82. The molecular weight excluding hydrogens is 222 g/mol. The van der Waals surface area contributed by atoms with E-state index in [1.54, 1.807) is 0 Å². The molecule has 0 spiro atoms. The molecule has 2 rings (SSSR count). The van der Waals surface area contributed by atoms with Gasteiger partial charge in [-0.05, 0) is 25.0 Å². The van der Waals surface area contributed by atoms with Gasteiger partial charge in [-0.1, -0.05) is 38.8 Å². The number of benzene rings is 1. The molecule has 0 aliphatic carbocycles. The number of para-hydroxylation sites is 1. The number of nitrogens with zero attached hydrogens (tertiary/aromatic N) is 2. The molecule has 0 saturated heterocycles. The van der Waals surface area contributed by atoms with Crippen molar-refractivity contribution in [3.63, 3.8) is 0 Å². The maximum Gasteiger partial charge on any atom is 0.158 e. The van der Waals surface area contributed by atoms with Crippen LogP contribution in [0.1, 0.15) is 39.5 Å². The molecule has 0 amide bonds. The summed E-state index contributed by atoms with van der Waals surface area (Å²) in [5.74, 6) is 1.11. The molecule has 0 saturated carbocycles. The minimum atomic E-state index is 1.08. The Kier molecular flexibility index (Phi) is 4.62. The summed E-state index contributed by atoms with van der Waals surface area (Å²) in [5.41, 5.74) is 1.13. The molecule has 0 unspecified atom stereocenters. The Morgan fingerprint density at radius 3 is 2.67 bits per heavy atom. The number of aromatic nitrogens is 2. The molecule has 0 aliphatic rings. The van der Waals surface area contributed by atoms with Crippen LogP contribution >= 0.6 is 0 Å². The summed E-state index contributed by atoms with van der Waals surface area (Å²) < 4.78 is 0. The number of anilines is 1. The fraction of sp³-hybridized carbons (Fsp3) is 0.533. The van der Waals surface area contributed by atoms with Crippen molar-refractivity contribution < 1.29 is 0 Å². The van der Waals surface area contributed by atoms with Crippen molar-refractivity contribution in [1.82, 2.24) is 10.2 Å². The molecule has 0 atom stereocenters. The van der Waals surface area contributed by atoms with E-state index in [1.807, 2.05) is 6.07 Å². The van der Waals surface area contributed by atoms with Crippen LogP contribution in [-0.2, 0) is 0 Å². The van der Waals surface area contributed by atoms with E-state index in [0.717, 1.165) is 30.8 Å². The molecule has 1 aromatic heterocycles. The maximum atomic E-state index is 4.49. The lowest BCUT2D eigenvalue weighted by Crippen LogP contribution is -2.25. The molecular formula is C15H23N3. The smallest absolute Gasteiger partial charge is 0.158 e. The van der Waals surface area contributed by atoms with Gasteiger partial charge in [-0.2, -0.15) is 5.10 Å². The summed E-state index contributed by atoms with van der Waals surface area (Å²) in [4.78, 5) is 2.41. The van der Waals surface area contributed by atoms with Crippen molar-refractivity contribution in [3.8, 4) is 0 Å². The third-order valence-corrected chi connectivity index (χ3v) is 3.27. The van der Waals surface area contributed by atoms with Crippen LogP contribution in [0.5, 0.6) is 0 Å². The lowest BCUT2D eigenvalue weighted by atomic mass is 10.2. The first-order valence-electron chi connectivity index (χ1n) is 7.04. The van der Waals surface area contributed by atoms with Gasteiger partial charge in [0.1, 0.15) is 0 Å². The molecule has 98 valence electrons. The Morgan fingerprint density at radius 1 is 1.06 bits per heavy atom. The third kappa shape index (κ3) is 2.84. The van der Waals surface area contributed by atoms with E-state index in [-0.39, 0.29) is 0 Å². The van der Waals surface area contributed by atoms with Gasteiger partial charge in [0, 0.05) is 18.5 Å². The minimum absolute atomic E-state index is 1.08. The topological polar surface area (TPSA) is 31.9 Å².